The number of nitrogen functional groups attached to an aromatic ring is 1. The number of fused-ring (bicyclic) bond motifs is 1. The highest BCUT2D eigenvalue weighted by Crippen LogP contribution is 2.30. The van der Waals surface area contributed by atoms with Gasteiger partial charge in [0, 0.05) is 56.4 Å². The smallest absolute Gasteiger partial charge is 0.225 e. The highest BCUT2D eigenvalue weighted by molar-refractivity contribution is 5.85. The predicted molar refractivity (Wildman–Crippen MR) is 141 cm³/mol. The SMILES string of the molecule is C[C@H](Nc1cc(-c2c(N)nn3cccnc23)nc(NCCN2CCOCC2)n1)c1ccc(F)cc1.[HH].[HH].[HH].[HH]. The van der Waals surface area contributed by atoms with Gasteiger partial charge in [-0.05, 0) is 30.7 Å². The zero-order valence-corrected chi connectivity index (χ0v) is 19.5. The summed E-state index contributed by atoms with van der Waals surface area (Å²) < 4.78 is 20.4. The lowest BCUT2D eigenvalue weighted by Gasteiger charge is -2.26. The molecule has 5 rings (SSSR count). The van der Waals surface area contributed by atoms with Crippen LogP contribution in [-0.4, -0.2) is 68.9 Å². The van der Waals surface area contributed by atoms with Crippen molar-refractivity contribution in [3.8, 4) is 11.3 Å². The quantitative estimate of drug-likeness (QED) is 0.342. The van der Waals surface area contributed by atoms with Gasteiger partial charge in [-0.15, -0.1) is 5.10 Å². The van der Waals surface area contributed by atoms with Gasteiger partial charge in [-0.25, -0.2) is 18.9 Å². The Hall–Kier alpha value is -3.83. The van der Waals surface area contributed by atoms with Crippen LogP contribution in [0.2, 0.25) is 0 Å². The second kappa shape index (κ2) is 10.2. The fraction of sp³-hybridized carbons (Fsp3) is 0.333. The molecule has 1 aromatic carbocycles. The summed E-state index contributed by atoms with van der Waals surface area (Å²) in [6, 6.07) is 9.91. The van der Waals surface area contributed by atoms with Gasteiger partial charge in [-0.3, -0.25) is 4.90 Å². The van der Waals surface area contributed by atoms with Crippen LogP contribution in [0.4, 0.5) is 22.0 Å². The van der Waals surface area contributed by atoms with Crippen molar-refractivity contribution in [1.82, 2.24) is 29.5 Å². The summed E-state index contributed by atoms with van der Waals surface area (Å²) in [5.41, 5.74) is 9.06. The van der Waals surface area contributed by atoms with E-state index < -0.39 is 0 Å². The third-order valence-corrected chi connectivity index (χ3v) is 5.95. The van der Waals surface area contributed by atoms with E-state index >= 15 is 0 Å². The van der Waals surface area contributed by atoms with Crippen LogP contribution < -0.4 is 16.4 Å². The molecule has 1 atom stereocenters. The Morgan fingerprint density at radius 2 is 2.00 bits per heavy atom. The molecule has 190 valence electrons. The van der Waals surface area contributed by atoms with Gasteiger partial charge < -0.3 is 21.1 Å². The van der Waals surface area contributed by atoms with Gasteiger partial charge in [0.05, 0.1) is 24.5 Å². The number of nitrogens with two attached hydrogens (primary N) is 1. The van der Waals surface area contributed by atoms with E-state index in [0.717, 1.165) is 38.4 Å². The third-order valence-electron chi connectivity index (χ3n) is 5.95. The highest BCUT2D eigenvalue weighted by atomic mass is 19.1. The molecule has 1 fully saturated rings. The monoisotopic (exact) mass is 485 g/mol. The summed E-state index contributed by atoms with van der Waals surface area (Å²) in [6.45, 7) is 6.85. The standard InChI is InChI=1S/C24H28FN9O.4H2/c1-16(17-3-5-18(25)6-4-17)29-20-15-19(21-22(26)32-34-9-2-7-27-23(21)34)30-24(31-20)28-8-10-33-11-13-35-14-12-33;;;;/h2-7,9,15-16H,8,10-14H2,1H3,(H2,26,32)(H2,28,29,30,31);4*1H/t16-;;;;/m0..../s1. The van der Waals surface area contributed by atoms with Crippen molar-refractivity contribution >= 4 is 23.2 Å². The molecule has 0 radical (unpaired) electrons. The van der Waals surface area contributed by atoms with Crippen LogP contribution in [0.15, 0.2) is 48.8 Å². The number of rotatable bonds is 8. The molecule has 1 saturated heterocycles. The van der Waals surface area contributed by atoms with Crippen LogP contribution in [0.1, 0.15) is 24.2 Å². The summed E-state index contributed by atoms with van der Waals surface area (Å²) in [5.74, 6) is 1.14. The van der Waals surface area contributed by atoms with Crippen molar-refractivity contribution in [2.45, 2.75) is 13.0 Å². The van der Waals surface area contributed by atoms with Gasteiger partial charge in [0.15, 0.2) is 11.5 Å². The van der Waals surface area contributed by atoms with Gasteiger partial charge in [0.2, 0.25) is 5.95 Å². The molecule has 35 heavy (non-hydrogen) atoms. The molecule has 0 saturated carbocycles. The Balaban J connectivity index is 0.00000190. The molecule has 4 heterocycles. The zero-order chi connectivity index (χ0) is 24.2. The molecule has 0 amide bonds. The first-order valence-corrected chi connectivity index (χ1v) is 11.6. The van der Waals surface area contributed by atoms with E-state index in [1.807, 2.05) is 13.0 Å². The molecule has 1 aliphatic rings. The minimum Gasteiger partial charge on any atom is -0.382 e. The molecular formula is C24H36FN9O. The number of halogens is 1. The van der Waals surface area contributed by atoms with E-state index in [1.54, 1.807) is 35.1 Å². The van der Waals surface area contributed by atoms with Crippen LogP contribution in [0.5, 0.6) is 0 Å². The molecule has 0 bridgehead atoms. The van der Waals surface area contributed by atoms with Crippen LogP contribution >= 0.6 is 0 Å². The van der Waals surface area contributed by atoms with E-state index in [2.05, 4.69) is 30.6 Å². The lowest BCUT2D eigenvalue weighted by Crippen LogP contribution is -2.39. The average Bonchev–Trinajstić information content (AvgIpc) is 3.20. The maximum atomic E-state index is 13.4. The molecule has 3 aromatic heterocycles. The van der Waals surface area contributed by atoms with Gasteiger partial charge >= 0.3 is 0 Å². The number of ether oxygens (including phenoxy) is 1. The summed E-state index contributed by atoms with van der Waals surface area (Å²) in [7, 11) is 0. The number of benzene rings is 1. The first kappa shape index (κ1) is 22.9. The fourth-order valence-corrected chi connectivity index (χ4v) is 4.09. The van der Waals surface area contributed by atoms with Crippen LogP contribution in [-0.2, 0) is 4.74 Å². The third kappa shape index (κ3) is 5.31. The summed E-state index contributed by atoms with van der Waals surface area (Å²) in [4.78, 5) is 16.2. The normalized spacial score (nSPS) is 15.3. The second-order valence-electron chi connectivity index (χ2n) is 8.41. The van der Waals surface area contributed by atoms with Crippen molar-refractivity contribution in [2.24, 2.45) is 0 Å². The number of morpholine rings is 1. The Morgan fingerprint density at radius 1 is 1.20 bits per heavy atom. The molecule has 4 aromatic rings. The van der Waals surface area contributed by atoms with Crippen LogP contribution in [0, 0.1) is 5.82 Å². The Kier molecular flexibility index (Phi) is 6.68. The molecule has 11 heteroatoms. The van der Waals surface area contributed by atoms with Crippen molar-refractivity contribution in [1.29, 1.82) is 0 Å². The van der Waals surface area contributed by atoms with Crippen molar-refractivity contribution in [3.63, 3.8) is 0 Å². The maximum Gasteiger partial charge on any atom is 0.225 e. The molecule has 0 spiro atoms. The number of hydrogen-bond acceptors (Lipinski definition) is 9. The number of hydrogen-bond donors (Lipinski definition) is 3. The number of anilines is 3. The van der Waals surface area contributed by atoms with E-state index in [1.165, 1.54) is 12.1 Å². The molecule has 0 unspecified atom stereocenters. The molecule has 4 N–H and O–H groups in total. The van der Waals surface area contributed by atoms with E-state index in [4.69, 9.17) is 15.5 Å². The van der Waals surface area contributed by atoms with Gasteiger partial charge in [0.1, 0.15) is 11.6 Å². The maximum absolute atomic E-state index is 13.4. The summed E-state index contributed by atoms with van der Waals surface area (Å²) >= 11 is 0. The average molecular weight is 486 g/mol. The molecular weight excluding hydrogens is 449 g/mol. The lowest BCUT2D eigenvalue weighted by molar-refractivity contribution is 0.0398. The van der Waals surface area contributed by atoms with Gasteiger partial charge in [0.25, 0.3) is 0 Å². The minimum atomic E-state index is -0.270. The van der Waals surface area contributed by atoms with Crippen molar-refractivity contribution in [2.75, 3.05) is 55.8 Å². The largest absolute Gasteiger partial charge is 0.382 e. The van der Waals surface area contributed by atoms with Gasteiger partial charge in [-0.2, -0.15) is 4.98 Å². The van der Waals surface area contributed by atoms with Crippen LogP contribution in [0.25, 0.3) is 16.9 Å². The zero-order valence-electron chi connectivity index (χ0n) is 19.5. The number of nitrogens with zero attached hydrogens (tertiary/aromatic N) is 6. The van der Waals surface area contributed by atoms with E-state index in [0.29, 0.717) is 41.0 Å². The molecule has 1 aliphatic heterocycles. The predicted octanol–water partition coefficient (Wildman–Crippen LogP) is 3.81. The Bertz CT molecular complexity index is 1310. The highest BCUT2D eigenvalue weighted by Gasteiger charge is 2.18. The van der Waals surface area contributed by atoms with Crippen molar-refractivity contribution in [3.05, 3.63) is 60.2 Å². The first-order valence-electron chi connectivity index (χ1n) is 11.6. The van der Waals surface area contributed by atoms with E-state index in [-0.39, 0.29) is 17.6 Å². The number of nitrogens with one attached hydrogen (secondary N) is 2. The van der Waals surface area contributed by atoms with E-state index in [9.17, 15) is 4.39 Å². The fourth-order valence-electron chi connectivity index (χ4n) is 4.09. The molecule has 0 aliphatic carbocycles. The summed E-state index contributed by atoms with van der Waals surface area (Å²) in [6.07, 6.45) is 3.49. The topological polar surface area (TPSA) is 119 Å². The lowest BCUT2D eigenvalue weighted by atomic mass is 10.1. The Morgan fingerprint density at radius 3 is 2.80 bits per heavy atom. The first-order chi connectivity index (χ1) is 17.1. The molecule has 10 nitrogen and oxygen atoms in total. The second-order valence-corrected chi connectivity index (χ2v) is 8.41. The van der Waals surface area contributed by atoms with Crippen molar-refractivity contribution < 1.29 is 14.8 Å². The van der Waals surface area contributed by atoms with Gasteiger partial charge in [-0.1, -0.05) is 12.1 Å². The minimum absolute atomic E-state index is 0. The van der Waals surface area contributed by atoms with Crippen LogP contribution in [0.3, 0.4) is 0 Å². The Labute approximate surface area is 208 Å². The number of aromatic nitrogens is 5. The summed E-state index contributed by atoms with van der Waals surface area (Å²) in [5, 5.41) is 11.1.